The summed E-state index contributed by atoms with van der Waals surface area (Å²) in [7, 11) is 0. The molecular formula is C22H22N4O2S. The molecule has 6 nitrogen and oxygen atoms in total. The highest BCUT2D eigenvalue weighted by atomic mass is 32.1. The molecule has 2 amide bonds. The summed E-state index contributed by atoms with van der Waals surface area (Å²) in [5.74, 6) is -0.0943. The van der Waals surface area contributed by atoms with E-state index in [4.69, 9.17) is 0 Å². The van der Waals surface area contributed by atoms with Crippen LogP contribution in [0.4, 0.5) is 0 Å². The minimum Gasteiger partial charge on any atom is -0.335 e. The molecule has 2 aromatic carbocycles. The number of benzene rings is 2. The Morgan fingerprint density at radius 2 is 1.41 bits per heavy atom. The molecule has 0 atom stereocenters. The third-order valence-corrected chi connectivity index (χ3v) is 5.70. The van der Waals surface area contributed by atoms with Crippen LogP contribution in [0.15, 0.2) is 47.4 Å². The maximum Gasteiger partial charge on any atom is 0.255 e. The molecule has 0 aliphatic carbocycles. The van der Waals surface area contributed by atoms with Gasteiger partial charge in [-0.15, -0.1) is 12.6 Å². The molecule has 1 aliphatic heterocycles. The van der Waals surface area contributed by atoms with Crippen LogP contribution in [-0.4, -0.2) is 57.8 Å². The first kappa shape index (κ1) is 19.4. The molecule has 1 aliphatic rings. The summed E-state index contributed by atoms with van der Waals surface area (Å²) in [4.78, 5) is 39.0. The van der Waals surface area contributed by atoms with Crippen molar-refractivity contribution in [3.63, 3.8) is 0 Å². The van der Waals surface area contributed by atoms with Crippen molar-refractivity contribution in [2.24, 2.45) is 0 Å². The van der Waals surface area contributed by atoms with E-state index >= 15 is 0 Å². The Morgan fingerprint density at radius 3 is 2.07 bits per heavy atom. The zero-order valence-electron chi connectivity index (χ0n) is 16.4. The molecule has 1 saturated heterocycles. The summed E-state index contributed by atoms with van der Waals surface area (Å²) in [5, 5.41) is 0. The van der Waals surface area contributed by atoms with Gasteiger partial charge in [-0.3, -0.25) is 9.59 Å². The number of carbonyl (C=O) groups excluding carboxylic acids is 2. The second kappa shape index (κ2) is 7.83. The van der Waals surface area contributed by atoms with Gasteiger partial charge in [-0.05, 0) is 44.2 Å². The fourth-order valence-corrected chi connectivity index (χ4v) is 3.74. The lowest BCUT2D eigenvalue weighted by Crippen LogP contribution is -2.50. The fraction of sp³-hybridized carbons (Fsp3) is 0.273. The summed E-state index contributed by atoms with van der Waals surface area (Å²) in [5.41, 5.74) is 4.44. The van der Waals surface area contributed by atoms with Crippen LogP contribution in [0.5, 0.6) is 0 Å². The van der Waals surface area contributed by atoms with Gasteiger partial charge in [0.2, 0.25) is 0 Å². The predicted molar refractivity (Wildman–Crippen MR) is 115 cm³/mol. The van der Waals surface area contributed by atoms with Crippen molar-refractivity contribution in [3.05, 3.63) is 65.0 Å². The van der Waals surface area contributed by atoms with Crippen LogP contribution < -0.4 is 0 Å². The molecule has 0 unspecified atom stereocenters. The monoisotopic (exact) mass is 406 g/mol. The van der Waals surface area contributed by atoms with Crippen molar-refractivity contribution in [3.8, 4) is 0 Å². The van der Waals surface area contributed by atoms with Gasteiger partial charge in [0.25, 0.3) is 11.8 Å². The number of rotatable bonds is 2. The van der Waals surface area contributed by atoms with Gasteiger partial charge in [-0.2, -0.15) is 0 Å². The number of amides is 2. The lowest BCUT2D eigenvalue weighted by molar-refractivity contribution is 0.0533. The van der Waals surface area contributed by atoms with E-state index < -0.39 is 0 Å². The third kappa shape index (κ3) is 3.82. The molecule has 1 aromatic heterocycles. The van der Waals surface area contributed by atoms with Crippen LogP contribution in [0.1, 0.15) is 32.1 Å². The van der Waals surface area contributed by atoms with E-state index in [0.29, 0.717) is 42.2 Å². The molecule has 0 bridgehead atoms. The molecule has 0 saturated carbocycles. The largest absolute Gasteiger partial charge is 0.335 e. The first-order valence-electron chi connectivity index (χ1n) is 9.55. The van der Waals surface area contributed by atoms with Crippen molar-refractivity contribution in [2.75, 3.05) is 26.2 Å². The molecule has 1 fully saturated rings. The highest BCUT2D eigenvalue weighted by molar-refractivity contribution is 7.80. The molecule has 4 rings (SSSR count). The molecule has 2 heterocycles. The average Bonchev–Trinajstić information content (AvgIpc) is 2.74. The number of carbonyl (C=O) groups is 2. The van der Waals surface area contributed by atoms with Crippen LogP contribution in [0.25, 0.3) is 11.0 Å². The summed E-state index contributed by atoms with van der Waals surface area (Å²) >= 11 is 4.37. The van der Waals surface area contributed by atoms with Gasteiger partial charge in [-0.25, -0.2) is 9.97 Å². The maximum absolute atomic E-state index is 13.0. The number of fused-ring (bicyclic) bond motifs is 1. The van der Waals surface area contributed by atoms with Crippen molar-refractivity contribution >= 4 is 35.5 Å². The van der Waals surface area contributed by atoms with Crippen molar-refractivity contribution < 1.29 is 9.59 Å². The molecule has 148 valence electrons. The summed E-state index contributed by atoms with van der Waals surface area (Å²) in [6, 6.07) is 12.7. The second-order valence-corrected chi connectivity index (χ2v) is 7.68. The van der Waals surface area contributed by atoms with Crippen LogP contribution in [0.3, 0.4) is 0 Å². The highest BCUT2D eigenvalue weighted by Gasteiger charge is 2.26. The molecule has 0 spiro atoms. The molecular weight excluding hydrogens is 384 g/mol. The second-order valence-electron chi connectivity index (χ2n) is 7.20. The molecule has 29 heavy (non-hydrogen) atoms. The zero-order valence-corrected chi connectivity index (χ0v) is 17.3. The van der Waals surface area contributed by atoms with E-state index in [1.165, 1.54) is 0 Å². The van der Waals surface area contributed by atoms with Crippen LogP contribution >= 0.6 is 12.6 Å². The Kier molecular flexibility index (Phi) is 5.24. The number of hydrogen-bond acceptors (Lipinski definition) is 5. The van der Waals surface area contributed by atoms with E-state index in [2.05, 4.69) is 22.6 Å². The number of piperazine rings is 1. The van der Waals surface area contributed by atoms with Gasteiger partial charge >= 0.3 is 0 Å². The maximum atomic E-state index is 13.0. The van der Waals surface area contributed by atoms with Crippen LogP contribution in [-0.2, 0) is 0 Å². The van der Waals surface area contributed by atoms with Crippen LogP contribution in [0, 0.1) is 13.8 Å². The predicted octanol–water partition coefficient (Wildman–Crippen LogP) is 3.13. The minimum atomic E-state index is -0.0476. The van der Waals surface area contributed by atoms with Gasteiger partial charge in [0.05, 0.1) is 28.0 Å². The number of hydrogen-bond donors (Lipinski definition) is 1. The van der Waals surface area contributed by atoms with E-state index in [0.717, 1.165) is 22.4 Å². The van der Waals surface area contributed by atoms with Crippen molar-refractivity contribution in [2.45, 2.75) is 18.7 Å². The SMILES string of the molecule is Cc1nc2ccc(C(=O)N3CCN(C(=O)c4ccccc4S)CC3)cc2nc1C. The molecule has 0 N–H and O–H groups in total. The van der Waals surface area contributed by atoms with Gasteiger partial charge in [0, 0.05) is 36.6 Å². The topological polar surface area (TPSA) is 66.4 Å². The normalized spacial score (nSPS) is 14.3. The van der Waals surface area contributed by atoms with Gasteiger partial charge in [0.15, 0.2) is 0 Å². The van der Waals surface area contributed by atoms with Gasteiger partial charge in [-0.1, -0.05) is 12.1 Å². The smallest absolute Gasteiger partial charge is 0.255 e. The number of thiol groups is 1. The quantitative estimate of drug-likeness (QED) is 0.664. The fourth-order valence-electron chi connectivity index (χ4n) is 3.48. The number of aryl methyl sites for hydroxylation is 2. The Balaban J connectivity index is 1.46. The molecule has 0 radical (unpaired) electrons. The van der Waals surface area contributed by atoms with E-state index in [-0.39, 0.29) is 11.8 Å². The van der Waals surface area contributed by atoms with E-state index in [9.17, 15) is 9.59 Å². The lowest BCUT2D eigenvalue weighted by atomic mass is 10.1. The lowest BCUT2D eigenvalue weighted by Gasteiger charge is -2.35. The highest BCUT2D eigenvalue weighted by Crippen LogP contribution is 2.19. The van der Waals surface area contributed by atoms with E-state index in [1.807, 2.05) is 38.1 Å². The third-order valence-electron chi connectivity index (χ3n) is 5.31. The van der Waals surface area contributed by atoms with Crippen LogP contribution in [0.2, 0.25) is 0 Å². The summed E-state index contributed by atoms with van der Waals surface area (Å²) in [6.45, 7) is 5.83. The molecule has 7 heteroatoms. The Bertz CT molecular complexity index is 1110. The average molecular weight is 407 g/mol. The van der Waals surface area contributed by atoms with Crippen molar-refractivity contribution in [1.29, 1.82) is 0 Å². The Hall–Kier alpha value is -2.93. The Labute approximate surface area is 175 Å². The first-order chi connectivity index (χ1) is 13.9. The summed E-state index contributed by atoms with van der Waals surface area (Å²) in [6.07, 6.45) is 0. The van der Waals surface area contributed by atoms with Gasteiger partial charge < -0.3 is 9.80 Å². The first-order valence-corrected chi connectivity index (χ1v) is 10.0. The van der Waals surface area contributed by atoms with Gasteiger partial charge in [0.1, 0.15) is 0 Å². The molecule has 3 aromatic rings. The van der Waals surface area contributed by atoms with E-state index in [1.54, 1.807) is 28.0 Å². The minimum absolute atomic E-state index is 0.0467. The standard InChI is InChI=1S/C22H22N4O2S/c1-14-15(2)24-19-13-16(7-8-18(19)23-14)21(27)25-9-11-26(12-10-25)22(28)17-5-3-4-6-20(17)29/h3-8,13,29H,9-12H2,1-2H3. The number of aromatic nitrogens is 2. The Morgan fingerprint density at radius 1 is 0.828 bits per heavy atom. The summed E-state index contributed by atoms with van der Waals surface area (Å²) < 4.78 is 0. The number of nitrogens with zero attached hydrogens (tertiary/aromatic N) is 4. The zero-order chi connectivity index (χ0) is 20.5. The van der Waals surface area contributed by atoms with Crippen molar-refractivity contribution in [1.82, 2.24) is 19.8 Å².